The van der Waals surface area contributed by atoms with Gasteiger partial charge >= 0.3 is 6.03 Å². The highest BCUT2D eigenvalue weighted by atomic mass is 16.5. The van der Waals surface area contributed by atoms with Crippen LogP contribution in [0.1, 0.15) is 114 Å². The molecular formula is C38H62N6O7. The van der Waals surface area contributed by atoms with E-state index in [-0.39, 0.29) is 46.2 Å². The molecule has 0 aromatic carbocycles. The SMILES string of the molecule is CC(C)[C@H](NC(=O)N[C@H](C(=O)N1C[C@]2(CC1C(=O)NC(CC1CCC1)C(=O)C(N)=O)C(C)(C)C21CCC1)C(C)(C)C)C(=O)N1C[C@@H](C)O[C@@H](C)C1. The van der Waals surface area contributed by atoms with E-state index in [9.17, 15) is 28.8 Å². The van der Waals surface area contributed by atoms with Gasteiger partial charge in [0.2, 0.25) is 23.5 Å². The minimum atomic E-state index is -1.09. The van der Waals surface area contributed by atoms with E-state index in [1.807, 2.05) is 48.5 Å². The molecule has 7 atom stereocenters. The van der Waals surface area contributed by atoms with Gasteiger partial charge in [0.05, 0.1) is 18.2 Å². The fraction of sp³-hybridized carbons (Fsp3) is 0.842. The molecule has 5 rings (SSSR count). The van der Waals surface area contributed by atoms with E-state index in [1.165, 1.54) is 0 Å². The highest BCUT2D eigenvalue weighted by Gasteiger charge is 2.85. The van der Waals surface area contributed by atoms with Gasteiger partial charge in [-0.15, -0.1) is 0 Å². The highest BCUT2D eigenvalue weighted by molar-refractivity contribution is 6.37. The zero-order chi connectivity index (χ0) is 37.8. The van der Waals surface area contributed by atoms with Crippen molar-refractivity contribution in [2.45, 2.75) is 150 Å². The molecule has 51 heavy (non-hydrogen) atoms. The number of ketones is 1. The quantitative estimate of drug-likeness (QED) is 0.238. The first-order chi connectivity index (χ1) is 23.7. The maximum atomic E-state index is 14.8. The number of hydrogen-bond donors (Lipinski definition) is 4. The molecule has 6 amide bonds. The van der Waals surface area contributed by atoms with Crippen molar-refractivity contribution < 1.29 is 33.5 Å². The molecule has 13 heteroatoms. The summed E-state index contributed by atoms with van der Waals surface area (Å²) in [6, 6.07) is -4.45. The minimum Gasteiger partial charge on any atom is -0.372 e. The second kappa shape index (κ2) is 14.0. The van der Waals surface area contributed by atoms with Crippen LogP contribution in [0.3, 0.4) is 0 Å². The van der Waals surface area contributed by atoms with Crippen LogP contribution in [0.5, 0.6) is 0 Å². The van der Waals surface area contributed by atoms with Gasteiger partial charge in [0, 0.05) is 25.0 Å². The molecule has 3 saturated carbocycles. The number of fused-ring (bicyclic) bond motifs is 1. The van der Waals surface area contributed by atoms with Crippen LogP contribution in [-0.4, -0.2) is 101 Å². The fourth-order valence-corrected chi connectivity index (χ4v) is 9.99. The number of hydrogen-bond acceptors (Lipinski definition) is 7. The van der Waals surface area contributed by atoms with Crippen molar-refractivity contribution in [2.24, 2.45) is 39.2 Å². The largest absolute Gasteiger partial charge is 0.372 e. The summed E-state index contributed by atoms with van der Waals surface area (Å²) in [5.74, 6) is -3.01. The zero-order valence-electron chi connectivity index (χ0n) is 32.2. The first kappa shape index (κ1) is 39.0. The second-order valence-corrected chi connectivity index (χ2v) is 18.3. The molecule has 5 N–H and O–H groups in total. The summed E-state index contributed by atoms with van der Waals surface area (Å²) in [6.45, 7) is 18.7. The van der Waals surface area contributed by atoms with E-state index in [0.717, 1.165) is 38.5 Å². The number of morpholine rings is 1. The molecule has 3 aliphatic carbocycles. The number of carbonyl (C=O) groups is 6. The molecule has 0 aromatic rings. The third kappa shape index (κ3) is 7.00. The van der Waals surface area contributed by atoms with Crippen molar-refractivity contribution in [1.82, 2.24) is 25.8 Å². The summed E-state index contributed by atoms with van der Waals surface area (Å²) < 4.78 is 5.80. The monoisotopic (exact) mass is 714 g/mol. The van der Waals surface area contributed by atoms with E-state index in [4.69, 9.17) is 10.5 Å². The van der Waals surface area contributed by atoms with Crippen LogP contribution in [0, 0.1) is 33.5 Å². The lowest BCUT2D eigenvalue weighted by atomic mass is 9.73. The molecule has 5 fully saturated rings. The van der Waals surface area contributed by atoms with Gasteiger partial charge in [-0.1, -0.05) is 74.1 Å². The Morgan fingerprint density at radius 2 is 1.49 bits per heavy atom. The van der Waals surface area contributed by atoms with Crippen molar-refractivity contribution in [3.8, 4) is 0 Å². The van der Waals surface area contributed by atoms with E-state index in [1.54, 1.807) is 9.80 Å². The molecule has 0 aromatic heterocycles. The summed E-state index contributed by atoms with van der Waals surface area (Å²) in [5.41, 5.74) is 4.26. The average molecular weight is 715 g/mol. The summed E-state index contributed by atoms with van der Waals surface area (Å²) in [5, 5.41) is 8.62. The predicted octanol–water partition coefficient (Wildman–Crippen LogP) is 2.89. The van der Waals surface area contributed by atoms with Crippen molar-refractivity contribution >= 4 is 35.4 Å². The van der Waals surface area contributed by atoms with Crippen LogP contribution in [0.4, 0.5) is 4.79 Å². The Morgan fingerprint density at radius 3 is 1.94 bits per heavy atom. The van der Waals surface area contributed by atoms with Gasteiger partial charge in [0.25, 0.3) is 5.91 Å². The normalized spacial score (nSPS) is 29.8. The Bertz CT molecular complexity index is 1410. The molecule has 2 spiro atoms. The van der Waals surface area contributed by atoms with E-state index >= 15 is 0 Å². The number of ether oxygens (including phenoxy) is 1. The van der Waals surface area contributed by atoms with Crippen molar-refractivity contribution in [1.29, 1.82) is 0 Å². The Kier molecular flexibility index (Phi) is 10.7. The first-order valence-corrected chi connectivity index (χ1v) is 19.1. The molecule has 2 heterocycles. The standard InChI is InChI=1S/C38H62N6O7/c1-21(2)27(32(48)43-18-22(3)51-23(4)19-43)41-34(50)42-29(35(5,6)7)33(49)44-20-38(36(8,9)37(38)14-11-15-37)17-26(44)31(47)40-25(28(45)30(39)46)16-24-12-10-13-24/h21-27,29H,10-20H2,1-9H3,(H2,39,46)(H,40,47)(H2,41,42,50)/t22-,23+,25?,26?,27-,29+,38+/m0/s1. The third-order valence-corrected chi connectivity index (χ3v) is 13.4. The Hall–Kier alpha value is -3.22. The predicted molar refractivity (Wildman–Crippen MR) is 191 cm³/mol. The summed E-state index contributed by atoms with van der Waals surface area (Å²) >= 11 is 0. The Labute approximate surface area is 303 Å². The number of urea groups is 1. The molecule has 13 nitrogen and oxygen atoms in total. The summed E-state index contributed by atoms with van der Waals surface area (Å²) in [6.07, 6.45) is 6.52. The van der Waals surface area contributed by atoms with Crippen LogP contribution < -0.4 is 21.7 Å². The van der Waals surface area contributed by atoms with Crippen LogP contribution in [0.2, 0.25) is 0 Å². The lowest BCUT2D eigenvalue weighted by molar-refractivity contribution is -0.146. The van der Waals surface area contributed by atoms with Gasteiger partial charge < -0.3 is 36.2 Å². The fourth-order valence-electron chi connectivity index (χ4n) is 9.99. The number of nitrogens with two attached hydrogens (primary N) is 1. The number of likely N-dealkylation sites (tertiary alicyclic amines) is 1. The van der Waals surface area contributed by atoms with Crippen molar-refractivity contribution in [3.63, 3.8) is 0 Å². The van der Waals surface area contributed by atoms with Crippen LogP contribution in [0.15, 0.2) is 0 Å². The summed E-state index contributed by atoms with van der Waals surface area (Å²) in [7, 11) is 0. The molecule has 0 radical (unpaired) electrons. The first-order valence-electron chi connectivity index (χ1n) is 19.1. The smallest absolute Gasteiger partial charge is 0.316 e. The van der Waals surface area contributed by atoms with Gasteiger partial charge in [-0.2, -0.15) is 0 Å². The minimum absolute atomic E-state index is 0.0172. The van der Waals surface area contributed by atoms with Crippen molar-refractivity contribution in [2.75, 3.05) is 19.6 Å². The number of carbonyl (C=O) groups excluding carboxylic acids is 6. The second-order valence-electron chi connectivity index (χ2n) is 18.3. The number of amides is 6. The van der Waals surface area contributed by atoms with E-state index < -0.39 is 59.1 Å². The third-order valence-electron chi connectivity index (χ3n) is 13.4. The average Bonchev–Trinajstić information content (AvgIpc) is 3.20. The zero-order valence-corrected chi connectivity index (χ0v) is 32.2. The molecule has 2 unspecified atom stereocenters. The number of rotatable bonds is 11. The Balaban J connectivity index is 1.38. The molecule has 2 saturated heterocycles. The number of nitrogens with one attached hydrogen (secondary N) is 3. The molecule has 286 valence electrons. The number of nitrogens with zero attached hydrogens (tertiary/aromatic N) is 2. The van der Waals surface area contributed by atoms with Gasteiger partial charge in [0.1, 0.15) is 18.1 Å². The Morgan fingerprint density at radius 1 is 0.882 bits per heavy atom. The lowest BCUT2D eigenvalue weighted by Crippen LogP contribution is -2.62. The van der Waals surface area contributed by atoms with Crippen LogP contribution >= 0.6 is 0 Å². The molecule has 5 aliphatic rings. The van der Waals surface area contributed by atoms with Gasteiger partial charge in [-0.25, -0.2) is 4.79 Å². The molecule has 0 bridgehead atoms. The lowest BCUT2D eigenvalue weighted by Gasteiger charge is -2.39. The van der Waals surface area contributed by atoms with E-state index in [2.05, 4.69) is 29.8 Å². The maximum absolute atomic E-state index is 14.8. The number of Topliss-reactive ketones (excluding diaryl/α,β-unsaturated/α-hetero) is 1. The molecular weight excluding hydrogens is 652 g/mol. The van der Waals surface area contributed by atoms with Gasteiger partial charge in [-0.05, 0) is 67.6 Å². The van der Waals surface area contributed by atoms with Crippen LogP contribution in [0.25, 0.3) is 0 Å². The highest BCUT2D eigenvalue weighted by Crippen LogP contribution is 2.88. The molecule has 2 aliphatic heterocycles. The topological polar surface area (TPSA) is 180 Å². The summed E-state index contributed by atoms with van der Waals surface area (Å²) in [4.78, 5) is 84.7. The van der Waals surface area contributed by atoms with Crippen molar-refractivity contribution in [3.05, 3.63) is 0 Å². The van der Waals surface area contributed by atoms with Crippen LogP contribution in [-0.2, 0) is 28.7 Å². The number of primary amides is 1. The maximum Gasteiger partial charge on any atom is 0.316 e. The van der Waals surface area contributed by atoms with E-state index in [0.29, 0.717) is 32.5 Å². The van der Waals surface area contributed by atoms with Gasteiger partial charge in [0.15, 0.2) is 0 Å². The van der Waals surface area contributed by atoms with Gasteiger partial charge in [-0.3, -0.25) is 24.0 Å².